The molecule has 0 radical (unpaired) electrons. The van der Waals surface area contributed by atoms with E-state index >= 15 is 0 Å². The van der Waals surface area contributed by atoms with Gasteiger partial charge in [-0.25, -0.2) is 0 Å². The van der Waals surface area contributed by atoms with Crippen molar-refractivity contribution in [2.75, 3.05) is 18.5 Å². The Morgan fingerprint density at radius 2 is 2.31 bits per heavy atom. The molecule has 1 atom stereocenters. The van der Waals surface area contributed by atoms with Gasteiger partial charge in [0, 0.05) is 18.8 Å². The summed E-state index contributed by atoms with van der Waals surface area (Å²) in [5.41, 5.74) is 4.10. The fraction of sp³-hybridized carbons (Fsp3) is 0.571. The molecule has 1 aliphatic rings. The van der Waals surface area contributed by atoms with Crippen molar-refractivity contribution in [3.63, 3.8) is 0 Å². The molecular weight excluding hydrogens is 198 g/mol. The summed E-state index contributed by atoms with van der Waals surface area (Å²) in [5, 5.41) is 12.6. The van der Waals surface area contributed by atoms with Gasteiger partial charge < -0.3 is 10.4 Å². The van der Waals surface area contributed by atoms with E-state index in [4.69, 9.17) is 0 Å². The maximum atomic E-state index is 9.21. The minimum Gasteiger partial charge on any atom is -0.396 e. The number of aliphatic hydroxyl groups is 1. The zero-order valence-electron chi connectivity index (χ0n) is 10.00. The molecule has 0 spiro atoms. The standard InChI is InChI=1S/C14H21NO/c1-2-11(10-16)8-12-5-6-14-13(9-12)4-3-7-15-14/h5-6,9,11,15-16H,2-4,7-8,10H2,1H3. The van der Waals surface area contributed by atoms with Gasteiger partial charge in [0.25, 0.3) is 0 Å². The van der Waals surface area contributed by atoms with E-state index in [2.05, 4.69) is 30.4 Å². The van der Waals surface area contributed by atoms with E-state index in [0.717, 1.165) is 19.4 Å². The maximum Gasteiger partial charge on any atom is 0.0462 e. The van der Waals surface area contributed by atoms with Crippen LogP contribution in [-0.2, 0) is 12.8 Å². The van der Waals surface area contributed by atoms with Gasteiger partial charge in [0.1, 0.15) is 0 Å². The highest BCUT2D eigenvalue weighted by Gasteiger charge is 2.11. The lowest BCUT2D eigenvalue weighted by Crippen LogP contribution is -2.13. The highest BCUT2D eigenvalue weighted by Crippen LogP contribution is 2.24. The van der Waals surface area contributed by atoms with Gasteiger partial charge in [0.2, 0.25) is 0 Å². The molecule has 1 heterocycles. The SMILES string of the molecule is CCC(CO)Cc1ccc2c(c1)CCCN2. The summed E-state index contributed by atoms with van der Waals surface area (Å²) in [7, 11) is 0. The summed E-state index contributed by atoms with van der Waals surface area (Å²) >= 11 is 0. The molecule has 0 aromatic heterocycles. The van der Waals surface area contributed by atoms with Crippen molar-refractivity contribution >= 4 is 5.69 Å². The van der Waals surface area contributed by atoms with E-state index < -0.39 is 0 Å². The molecule has 0 amide bonds. The number of hydrogen-bond donors (Lipinski definition) is 2. The van der Waals surface area contributed by atoms with Crippen LogP contribution in [0.3, 0.4) is 0 Å². The third-order valence-electron chi connectivity index (χ3n) is 3.47. The van der Waals surface area contributed by atoms with Crippen LogP contribution in [0, 0.1) is 5.92 Å². The summed E-state index contributed by atoms with van der Waals surface area (Å²) in [5.74, 6) is 0.412. The molecule has 2 N–H and O–H groups in total. The molecule has 0 bridgehead atoms. The van der Waals surface area contributed by atoms with E-state index in [1.165, 1.54) is 29.7 Å². The molecule has 16 heavy (non-hydrogen) atoms. The number of rotatable bonds is 4. The number of aliphatic hydroxyl groups excluding tert-OH is 1. The Morgan fingerprint density at radius 3 is 3.06 bits per heavy atom. The lowest BCUT2D eigenvalue weighted by Gasteiger charge is -2.19. The fourth-order valence-corrected chi connectivity index (χ4v) is 2.33. The molecular formula is C14H21NO. The lowest BCUT2D eigenvalue weighted by molar-refractivity contribution is 0.222. The Hall–Kier alpha value is -1.02. The minimum absolute atomic E-state index is 0.297. The molecule has 1 aliphatic heterocycles. The smallest absolute Gasteiger partial charge is 0.0462 e. The van der Waals surface area contributed by atoms with Gasteiger partial charge in [0.15, 0.2) is 0 Å². The van der Waals surface area contributed by atoms with E-state index in [-0.39, 0.29) is 0 Å². The highest BCUT2D eigenvalue weighted by molar-refractivity contribution is 5.54. The predicted molar refractivity (Wildman–Crippen MR) is 67.8 cm³/mol. The summed E-state index contributed by atoms with van der Waals surface area (Å²) < 4.78 is 0. The number of anilines is 1. The van der Waals surface area contributed by atoms with Gasteiger partial charge in [-0.15, -0.1) is 0 Å². The summed E-state index contributed by atoms with van der Waals surface area (Å²) in [6, 6.07) is 6.68. The van der Waals surface area contributed by atoms with Crippen molar-refractivity contribution in [3.8, 4) is 0 Å². The molecule has 2 nitrogen and oxygen atoms in total. The Morgan fingerprint density at radius 1 is 1.44 bits per heavy atom. The molecule has 88 valence electrons. The number of benzene rings is 1. The van der Waals surface area contributed by atoms with Crippen LogP contribution in [0.4, 0.5) is 5.69 Å². The second kappa shape index (κ2) is 5.35. The first-order valence-corrected chi connectivity index (χ1v) is 6.30. The number of fused-ring (bicyclic) bond motifs is 1. The molecule has 1 aromatic carbocycles. The van der Waals surface area contributed by atoms with Crippen molar-refractivity contribution in [2.24, 2.45) is 5.92 Å². The molecule has 1 aromatic rings. The fourth-order valence-electron chi connectivity index (χ4n) is 2.33. The van der Waals surface area contributed by atoms with Crippen molar-refractivity contribution in [1.29, 1.82) is 0 Å². The van der Waals surface area contributed by atoms with Gasteiger partial charge in [-0.05, 0) is 42.4 Å². The largest absolute Gasteiger partial charge is 0.396 e. The molecule has 0 fully saturated rings. The first-order chi connectivity index (χ1) is 7.83. The Kier molecular flexibility index (Phi) is 3.83. The molecule has 0 saturated carbocycles. The van der Waals surface area contributed by atoms with Crippen molar-refractivity contribution in [1.82, 2.24) is 0 Å². The van der Waals surface area contributed by atoms with Gasteiger partial charge >= 0.3 is 0 Å². The zero-order chi connectivity index (χ0) is 11.4. The van der Waals surface area contributed by atoms with Crippen molar-refractivity contribution in [2.45, 2.75) is 32.6 Å². The Bertz CT molecular complexity index is 345. The van der Waals surface area contributed by atoms with E-state index in [0.29, 0.717) is 12.5 Å². The van der Waals surface area contributed by atoms with Gasteiger partial charge in [-0.1, -0.05) is 25.5 Å². The van der Waals surface area contributed by atoms with Crippen LogP contribution >= 0.6 is 0 Å². The third-order valence-corrected chi connectivity index (χ3v) is 3.47. The Balaban J connectivity index is 2.10. The van der Waals surface area contributed by atoms with Crippen LogP contribution in [0.5, 0.6) is 0 Å². The maximum absolute atomic E-state index is 9.21. The summed E-state index contributed by atoms with van der Waals surface area (Å²) in [6.45, 7) is 3.53. The first-order valence-electron chi connectivity index (χ1n) is 6.30. The van der Waals surface area contributed by atoms with Crippen molar-refractivity contribution in [3.05, 3.63) is 29.3 Å². The van der Waals surface area contributed by atoms with E-state index in [1.54, 1.807) is 0 Å². The number of aryl methyl sites for hydroxylation is 1. The second-order valence-electron chi connectivity index (χ2n) is 4.68. The zero-order valence-corrected chi connectivity index (χ0v) is 10.00. The normalized spacial score (nSPS) is 16.4. The quantitative estimate of drug-likeness (QED) is 0.816. The van der Waals surface area contributed by atoms with Crippen LogP contribution < -0.4 is 5.32 Å². The molecule has 0 saturated heterocycles. The van der Waals surface area contributed by atoms with Crippen LogP contribution in [0.1, 0.15) is 30.9 Å². The number of hydrogen-bond acceptors (Lipinski definition) is 2. The van der Waals surface area contributed by atoms with Gasteiger partial charge in [0.05, 0.1) is 0 Å². The highest BCUT2D eigenvalue weighted by atomic mass is 16.3. The second-order valence-corrected chi connectivity index (χ2v) is 4.68. The third kappa shape index (κ3) is 2.56. The molecule has 2 heteroatoms. The average Bonchev–Trinajstić information content (AvgIpc) is 2.35. The van der Waals surface area contributed by atoms with Crippen LogP contribution in [0.25, 0.3) is 0 Å². The van der Waals surface area contributed by atoms with Gasteiger partial charge in [-0.2, -0.15) is 0 Å². The van der Waals surface area contributed by atoms with Crippen molar-refractivity contribution < 1.29 is 5.11 Å². The summed E-state index contributed by atoms with van der Waals surface area (Å²) in [6.07, 6.45) is 4.46. The summed E-state index contributed by atoms with van der Waals surface area (Å²) in [4.78, 5) is 0. The van der Waals surface area contributed by atoms with E-state index in [9.17, 15) is 5.11 Å². The number of nitrogens with one attached hydrogen (secondary N) is 1. The van der Waals surface area contributed by atoms with E-state index in [1.807, 2.05) is 0 Å². The Labute approximate surface area is 97.7 Å². The van der Waals surface area contributed by atoms with Gasteiger partial charge in [-0.3, -0.25) is 0 Å². The lowest BCUT2D eigenvalue weighted by atomic mass is 9.94. The molecule has 0 aliphatic carbocycles. The first kappa shape index (κ1) is 11.5. The monoisotopic (exact) mass is 219 g/mol. The molecule has 2 rings (SSSR count). The molecule has 1 unspecified atom stereocenters. The van der Waals surface area contributed by atoms with Crippen LogP contribution in [0.2, 0.25) is 0 Å². The minimum atomic E-state index is 0.297. The average molecular weight is 219 g/mol. The topological polar surface area (TPSA) is 32.3 Å². The predicted octanol–water partition coefficient (Wildman–Crippen LogP) is 2.61. The van der Waals surface area contributed by atoms with Crippen LogP contribution in [0.15, 0.2) is 18.2 Å². The van der Waals surface area contributed by atoms with Crippen LogP contribution in [-0.4, -0.2) is 18.3 Å².